The molecule has 4 N–H and O–H groups in total. The summed E-state index contributed by atoms with van der Waals surface area (Å²) in [5.41, 5.74) is 8.11. The van der Waals surface area contributed by atoms with E-state index in [0.29, 0.717) is 45.5 Å². The van der Waals surface area contributed by atoms with Crippen LogP contribution in [0, 0.1) is 0 Å². The quantitative estimate of drug-likeness (QED) is 0.414. The van der Waals surface area contributed by atoms with Crippen molar-refractivity contribution in [2.45, 2.75) is 12.9 Å². The van der Waals surface area contributed by atoms with E-state index in [4.69, 9.17) is 5.73 Å². The molecule has 0 atom stereocenters. The fraction of sp³-hybridized carbons (Fsp3) is 0.211. The van der Waals surface area contributed by atoms with Crippen LogP contribution in [0.3, 0.4) is 0 Å². The van der Waals surface area contributed by atoms with Gasteiger partial charge in [0, 0.05) is 31.8 Å². The maximum atomic E-state index is 12.5. The number of carbonyl (C=O) groups is 1. The molecule has 2 aromatic carbocycles. The van der Waals surface area contributed by atoms with Crippen molar-refractivity contribution < 1.29 is 22.7 Å². The number of nitrogens with zero attached hydrogens (tertiary/aromatic N) is 3. The average Bonchev–Trinajstić information content (AvgIpc) is 3.26. The molecule has 0 unspecified atom stereocenters. The zero-order valence-corrected chi connectivity index (χ0v) is 17.0. The number of aromatic nitrogens is 3. The lowest BCUT2D eigenvalue weighted by Crippen LogP contribution is -2.17. The monoisotopic (exact) mass is 450 g/mol. The zero-order chi connectivity index (χ0) is 22.2. The largest absolute Gasteiger partial charge is 0.573 e. The first-order valence-electron chi connectivity index (χ1n) is 9.13. The smallest absolute Gasteiger partial charge is 0.406 e. The molecule has 0 saturated heterocycles. The van der Waals surface area contributed by atoms with Crippen LogP contribution in [0.1, 0.15) is 10.4 Å². The molecular formula is C19H17F3N6O2S. The van der Waals surface area contributed by atoms with Crippen LogP contribution in [-0.2, 0) is 6.54 Å². The van der Waals surface area contributed by atoms with Crippen molar-refractivity contribution in [2.24, 2.45) is 5.73 Å². The molecule has 4 rings (SSSR count). The number of carbonyl (C=O) groups excluding carboxylic acids is 1. The molecule has 31 heavy (non-hydrogen) atoms. The fourth-order valence-corrected chi connectivity index (χ4v) is 4.01. The molecule has 0 fully saturated rings. The standard InChI is InChI=1S/C19H17F3N6O2S/c1-24-16(29)10-2-5-14-13(8-10)25-17(28(14)7-6-23)27-18-26-12-4-3-11(9-15(12)31-18)30-19(20,21)22/h2-5,8-9H,6-7,23H2,1H3,(H,24,29)(H,25,26,27). The number of fused-ring (bicyclic) bond motifs is 2. The van der Waals surface area contributed by atoms with Crippen molar-refractivity contribution in [1.82, 2.24) is 19.9 Å². The van der Waals surface area contributed by atoms with Crippen LogP contribution in [0.15, 0.2) is 36.4 Å². The number of rotatable bonds is 6. The molecule has 0 radical (unpaired) electrons. The minimum absolute atomic E-state index is 0.229. The molecule has 162 valence electrons. The summed E-state index contributed by atoms with van der Waals surface area (Å²) in [6.07, 6.45) is -4.76. The number of nitrogens with one attached hydrogen (secondary N) is 2. The summed E-state index contributed by atoms with van der Waals surface area (Å²) in [5.74, 6) is -0.0829. The molecule has 2 aromatic heterocycles. The summed E-state index contributed by atoms with van der Waals surface area (Å²) >= 11 is 1.16. The SMILES string of the molecule is CNC(=O)c1ccc2c(c1)nc(Nc1nc3ccc(OC(F)(F)F)cc3s1)n2CCN. The molecular weight excluding hydrogens is 433 g/mol. The van der Waals surface area contributed by atoms with E-state index in [1.165, 1.54) is 18.2 Å². The molecule has 12 heteroatoms. The zero-order valence-electron chi connectivity index (χ0n) is 16.2. The summed E-state index contributed by atoms with van der Waals surface area (Å²) in [5, 5.41) is 6.12. The Kier molecular flexibility index (Phi) is 5.41. The number of hydrogen-bond acceptors (Lipinski definition) is 7. The number of nitrogens with two attached hydrogens (primary N) is 1. The first-order valence-corrected chi connectivity index (χ1v) is 9.95. The third kappa shape index (κ3) is 4.39. The Bertz CT molecular complexity index is 1270. The van der Waals surface area contributed by atoms with Crippen molar-refractivity contribution in [3.8, 4) is 5.75 Å². The van der Waals surface area contributed by atoms with Gasteiger partial charge in [0.05, 0.1) is 21.3 Å². The first-order chi connectivity index (χ1) is 14.8. The molecule has 0 aliphatic heterocycles. The Morgan fingerprint density at radius 1 is 1.19 bits per heavy atom. The highest BCUT2D eigenvalue weighted by molar-refractivity contribution is 7.22. The highest BCUT2D eigenvalue weighted by Gasteiger charge is 2.31. The van der Waals surface area contributed by atoms with Crippen molar-refractivity contribution in [1.29, 1.82) is 0 Å². The third-order valence-electron chi connectivity index (χ3n) is 4.40. The van der Waals surface area contributed by atoms with Gasteiger partial charge in [0.25, 0.3) is 5.91 Å². The van der Waals surface area contributed by atoms with E-state index in [-0.39, 0.29) is 11.7 Å². The fourth-order valence-electron chi connectivity index (χ4n) is 3.12. The van der Waals surface area contributed by atoms with Crippen LogP contribution in [0.2, 0.25) is 0 Å². The average molecular weight is 450 g/mol. The van der Waals surface area contributed by atoms with Gasteiger partial charge in [-0.25, -0.2) is 9.97 Å². The van der Waals surface area contributed by atoms with Crippen molar-refractivity contribution >= 4 is 49.6 Å². The molecule has 2 heterocycles. The molecule has 0 aliphatic carbocycles. The summed E-state index contributed by atoms with van der Waals surface area (Å²) in [7, 11) is 1.55. The first kappa shape index (κ1) is 20.9. The minimum Gasteiger partial charge on any atom is -0.406 e. The van der Waals surface area contributed by atoms with E-state index < -0.39 is 6.36 Å². The molecule has 0 aliphatic rings. The second kappa shape index (κ2) is 8.04. The number of thiazole rings is 1. The molecule has 0 spiro atoms. The highest BCUT2D eigenvalue weighted by Crippen LogP contribution is 2.33. The van der Waals surface area contributed by atoms with Gasteiger partial charge >= 0.3 is 6.36 Å². The topological polar surface area (TPSA) is 107 Å². The Hall–Kier alpha value is -3.38. The van der Waals surface area contributed by atoms with Crippen LogP contribution in [0.5, 0.6) is 5.75 Å². The van der Waals surface area contributed by atoms with Gasteiger partial charge in [0.1, 0.15) is 5.75 Å². The maximum absolute atomic E-state index is 12.5. The van der Waals surface area contributed by atoms with Gasteiger partial charge in [-0.2, -0.15) is 0 Å². The summed E-state index contributed by atoms with van der Waals surface area (Å²) in [4.78, 5) is 20.9. The Balaban J connectivity index is 1.68. The van der Waals surface area contributed by atoms with Crippen molar-refractivity contribution in [3.05, 3.63) is 42.0 Å². The lowest BCUT2D eigenvalue weighted by molar-refractivity contribution is -0.274. The van der Waals surface area contributed by atoms with E-state index >= 15 is 0 Å². The van der Waals surface area contributed by atoms with Crippen molar-refractivity contribution in [3.63, 3.8) is 0 Å². The number of amides is 1. The number of halogens is 3. The summed E-state index contributed by atoms with van der Waals surface area (Å²) in [6, 6.07) is 9.10. The number of anilines is 2. The predicted molar refractivity (Wildman–Crippen MR) is 112 cm³/mol. The second-order valence-corrected chi connectivity index (χ2v) is 7.51. The minimum atomic E-state index is -4.76. The van der Waals surface area contributed by atoms with Crippen LogP contribution in [0.4, 0.5) is 24.3 Å². The number of benzene rings is 2. The number of ether oxygens (including phenoxy) is 1. The normalized spacial score (nSPS) is 11.8. The maximum Gasteiger partial charge on any atom is 0.573 e. The molecule has 1 amide bonds. The van der Waals surface area contributed by atoms with E-state index in [0.717, 1.165) is 16.9 Å². The van der Waals surface area contributed by atoms with Gasteiger partial charge in [-0.1, -0.05) is 11.3 Å². The third-order valence-corrected chi connectivity index (χ3v) is 5.34. The van der Waals surface area contributed by atoms with Crippen LogP contribution in [-0.4, -0.2) is 40.4 Å². The van der Waals surface area contributed by atoms with Gasteiger partial charge in [-0.15, -0.1) is 13.2 Å². The van der Waals surface area contributed by atoms with Crippen LogP contribution in [0.25, 0.3) is 21.3 Å². The Morgan fingerprint density at radius 3 is 2.71 bits per heavy atom. The summed E-state index contributed by atoms with van der Waals surface area (Å²) < 4.78 is 43.7. The molecule has 4 aromatic rings. The van der Waals surface area contributed by atoms with E-state index in [9.17, 15) is 18.0 Å². The van der Waals surface area contributed by atoms with Gasteiger partial charge < -0.3 is 25.7 Å². The van der Waals surface area contributed by atoms with Gasteiger partial charge in [0.15, 0.2) is 5.13 Å². The van der Waals surface area contributed by atoms with Crippen LogP contribution >= 0.6 is 11.3 Å². The van der Waals surface area contributed by atoms with E-state index in [1.807, 2.05) is 4.57 Å². The number of alkyl halides is 3. The molecule has 8 nitrogen and oxygen atoms in total. The Labute approximate surface area is 177 Å². The summed E-state index contributed by atoms with van der Waals surface area (Å²) in [6.45, 7) is 0.821. The molecule has 0 saturated carbocycles. The van der Waals surface area contributed by atoms with E-state index in [2.05, 4.69) is 25.3 Å². The number of imidazole rings is 1. The predicted octanol–water partition coefficient (Wildman–Crippen LogP) is 3.61. The van der Waals surface area contributed by atoms with Crippen LogP contribution < -0.4 is 21.1 Å². The lowest BCUT2D eigenvalue weighted by Gasteiger charge is -2.07. The Morgan fingerprint density at radius 2 is 2.00 bits per heavy atom. The van der Waals surface area contributed by atoms with Crippen molar-refractivity contribution in [2.75, 3.05) is 18.9 Å². The number of hydrogen-bond donors (Lipinski definition) is 3. The second-order valence-electron chi connectivity index (χ2n) is 6.48. The van der Waals surface area contributed by atoms with Gasteiger partial charge in [-0.3, -0.25) is 4.79 Å². The lowest BCUT2D eigenvalue weighted by atomic mass is 10.2. The highest BCUT2D eigenvalue weighted by atomic mass is 32.1. The van der Waals surface area contributed by atoms with E-state index in [1.54, 1.807) is 25.2 Å². The van der Waals surface area contributed by atoms with Gasteiger partial charge in [-0.05, 0) is 30.3 Å². The molecule has 0 bridgehead atoms. The van der Waals surface area contributed by atoms with Gasteiger partial charge in [0.2, 0.25) is 5.95 Å².